The molecular formula is C15H20O3. The molecule has 0 aromatic heterocycles. The standard InChI is InChI=1S/C15H20O3/c1-2-18-15(17)9-11-3-5-13-6-4-12(10-16)8-14(13)7-11/h4,6,8,11,16H,2-3,5,7,9-10H2,1H3. The van der Waals surface area contributed by atoms with Crippen LogP contribution in [0, 0.1) is 5.92 Å². The first kappa shape index (κ1) is 13.1. The van der Waals surface area contributed by atoms with E-state index in [1.54, 1.807) is 0 Å². The van der Waals surface area contributed by atoms with Crippen LogP contribution in [0.2, 0.25) is 0 Å². The third-order valence-corrected chi connectivity index (χ3v) is 3.54. The predicted molar refractivity (Wildman–Crippen MR) is 69.1 cm³/mol. The van der Waals surface area contributed by atoms with E-state index in [2.05, 4.69) is 12.1 Å². The Morgan fingerprint density at radius 3 is 3.00 bits per heavy atom. The van der Waals surface area contributed by atoms with Gasteiger partial charge in [0.2, 0.25) is 0 Å². The average molecular weight is 248 g/mol. The minimum atomic E-state index is -0.0933. The van der Waals surface area contributed by atoms with Crippen molar-refractivity contribution in [2.45, 2.75) is 39.2 Å². The molecule has 0 fully saturated rings. The topological polar surface area (TPSA) is 46.5 Å². The molecule has 1 unspecified atom stereocenters. The van der Waals surface area contributed by atoms with Crippen LogP contribution in [-0.4, -0.2) is 17.7 Å². The van der Waals surface area contributed by atoms with Crippen LogP contribution in [-0.2, 0) is 29.0 Å². The number of esters is 1. The number of aryl methyl sites for hydroxylation is 1. The van der Waals surface area contributed by atoms with Crippen molar-refractivity contribution in [3.63, 3.8) is 0 Å². The van der Waals surface area contributed by atoms with Gasteiger partial charge in [-0.05, 0) is 48.8 Å². The van der Waals surface area contributed by atoms with Crippen LogP contribution in [0.1, 0.15) is 36.5 Å². The molecule has 18 heavy (non-hydrogen) atoms. The van der Waals surface area contributed by atoms with Gasteiger partial charge >= 0.3 is 5.97 Å². The summed E-state index contributed by atoms with van der Waals surface area (Å²) in [5.41, 5.74) is 3.58. The third kappa shape index (κ3) is 3.10. The monoisotopic (exact) mass is 248 g/mol. The molecule has 1 aromatic carbocycles. The van der Waals surface area contributed by atoms with Gasteiger partial charge in [-0.1, -0.05) is 18.2 Å². The molecule has 0 radical (unpaired) electrons. The maximum absolute atomic E-state index is 11.5. The molecule has 0 saturated heterocycles. The molecule has 3 heteroatoms. The number of carbonyl (C=O) groups is 1. The lowest BCUT2D eigenvalue weighted by molar-refractivity contribution is -0.144. The van der Waals surface area contributed by atoms with E-state index in [4.69, 9.17) is 9.84 Å². The average Bonchev–Trinajstić information content (AvgIpc) is 2.38. The number of fused-ring (bicyclic) bond motifs is 1. The van der Waals surface area contributed by atoms with Crippen molar-refractivity contribution >= 4 is 5.97 Å². The van der Waals surface area contributed by atoms with Gasteiger partial charge in [0, 0.05) is 6.42 Å². The smallest absolute Gasteiger partial charge is 0.306 e. The van der Waals surface area contributed by atoms with Crippen LogP contribution in [0.4, 0.5) is 0 Å². The van der Waals surface area contributed by atoms with Crippen molar-refractivity contribution in [1.29, 1.82) is 0 Å². The molecule has 0 heterocycles. The minimum Gasteiger partial charge on any atom is -0.466 e. The Labute approximate surface area is 108 Å². The molecule has 1 aliphatic carbocycles. The molecule has 1 aliphatic rings. The molecule has 0 spiro atoms. The summed E-state index contributed by atoms with van der Waals surface area (Å²) in [6, 6.07) is 6.14. The Balaban J connectivity index is 2.02. The van der Waals surface area contributed by atoms with Crippen molar-refractivity contribution in [3.05, 3.63) is 34.9 Å². The summed E-state index contributed by atoms with van der Waals surface area (Å²) in [6.07, 6.45) is 3.49. The molecular weight excluding hydrogens is 228 g/mol. The van der Waals surface area contributed by atoms with Crippen LogP contribution in [0.3, 0.4) is 0 Å². The molecule has 0 aliphatic heterocycles. The maximum Gasteiger partial charge on any atom is 0.306 e. The van der Waals surface area contributed by atoms with Crippen LogP contribution in [0.5, 0.6) is 0 Å². The summed E-state index contributed by atoms with van der Waals surface area (Å²) in [4.78, 5) is 11.5. The second-order valence-electron chi connectivity index (χ2n) is 4.88. The van der Waals surface area contributed by atoms with Gasteiger partial charge in [-0.3, -0.25) is 4.79 Å². The molecule has 0 amide bonds. The first-order valence-corrected chi connectivity index (χ1v) is 6.60. The van der Waals surface area contributed by atoms with Crippen LogP contribution >= 0.6 is 0 Å². The van der Waals surface area contributed by atoms with Crippen LogP contribution in [0.15, 0.2) is 18.2 Å². The second-order valence-corrected chi connectivity index (χ2v) is 4.88. The first-order valence-electron chi connectivity index (χ1n) is 6.60. The summed E-state index contributed by atoms with van der Waals surface area (Å²) in [5.74, 6) is 0.287. The number of aliphatic hydroxyl groups is 1. The largest absolute Gasteiger partial charge is 0.466 e. The van der Waals surface area contributed by atoms with E-state index in [1.807, 2.05) is 13.0 Å². The van der Waals surface area contributed by atoms with E-state index in [-0.39, 0.29) is 12.6 Å². The zero-order chi connectivity index (χ0) is 13.0. The molecule has 98 valence electrons. The highest BCUT2D eigenvalue weighted by atomic mass is 16.5. The van der Waals surface area contributed by atoms with Gasteiger partial charge in [0.15, 0.2) is 0 Å². The SMILES string of the molecule is CCOC(=O)CC1CCc2ccc(CO)cc2C1. The first-order chi connectivity index (χ1) is 8.72. The van der Waals surface area contributed by atoms with E-state index in [0.29, 0.717) is 18.9 Å². The molecule has 0 bridgehead atoms. The Hall–Kier alpha value is -1.35. The highest BCUT2D eigenvalue weighted by Crippen LogP contribution is 2.28. The number of carbonyl (C=O) groups excluding carboxylic acids is 1. The maximum atomic E-state index is 11.5. The third-order valence-electron chi connectivity index (χ3n) is 3.54. The van der Waals surface area contributed by atoms with E-state index in [0.717, 1.165) is 24.8 Å². The summed E-state index contributed by atoms with van der Waals surface area (Å²) in [5, 5.41) is 9.15. The van der Waals surface area contributed by atoms with Gasteiger partial charge in [0.05, 0.1) is 13.2 Å². The zero-order valence-corrected chi connectivity index (χ0v) is 10.8. The lowest BCUT2D eigenvalue weighted by Gasteiger charge is -2.24. The van der Waals surface area contributed by atoms with Gasteiger partial charge in [-0.25, -0.2) is 0 Å². The minimum absolute atomic E-state index is 0.0792. The summed E-state index contributed by atoms with van der Waals surface area (Å²) in [7, 11) is 0. The molecule has 3 nitrogen and oxygen atoms in total. The highest BCUT2D eigenvalue weighted by molar-refractivity contribution is 5.69. The van der Waals surface area contributed by atoms with Crippen molar-refractivity contribution in [2.75, 3.05) is 6.61 Å². The number of ether oxygens (including phenoxy) is 1. The van der Waals surface area contributed by atoms with E-state index < -0.39 is 0 Å². The number of benzene rings is 1. The predicted octanol–water partition coefficient (Wildman–Crippen LogP) is 2.24. The molecule has 1 atom stereocenters. The highest BCUT2D eigenvalue weighted by Gasteiger charge is 2.21. The Kier molecular flexibility index (Phi) is 4.37. The molecule has 1 aromatic rings. The normalized spacial score (nSPS) is 18.2. The van der Waals surface area contributed by atoms with Crippen molar-refractivity contribution < 1.29 is 14.6 Å². The Bertz CT molecular complexity index is 426. The van der Waals surface area contributed by atoms with Gasteiger partial charge in [-0.15, -0.1) is 0 Å². The quantitative estimate of drug-likeness (QED) is 0.831. The fraction of sp³-hybridized carbons (Fsp3) is 0.533. The zero-order valence-electron chi connectivity index (χ0n) is 10.8. The second kappa shape index (κ2) is 6.01. The number of rotatable bonds is 4. The van der Waals surface area contributed by atoms with Crippen molar-refractivity contribution in [1.82, 2.24) is 0 Å². The van der Waals surface area contributed by atoms with Crippen molar-refractivity contribution in [3.8, 4) is 0 Å². The van der Waals surface area contributed by atoms with Gasteiger partial charge < -0.3 is 9.84 Å². The summed E-state index contributed by atoms with van der Waals surface area (Å²) in [6.45, 7) is 2.37. The number of hydrogen-bond acceptors (Lipinski definition) is 3. The summed E-state index contributed by atoms with van der Waals surface area (Å²) >= 11 is 0. The van der Waals surface area contributed by atoms with Crippen LogP contribution in [0.25, 0.3) is 0 Å². The molecule has 1 N–H and O–H groups in total. The van der Waals surface area contributed by atoms with E-state index in [1.165, 1.54) is 11.1 Å². The number of aliphatic hydroxyl groups excluding tert-OH is 1. The Morgan fingerprint density at radius 2 is 2.28 bits per heavy atom. The van der Waals surface area contributed by atoms with Crippen LogP contribution < -0.4 is 0 Å². The summed E-state index contributed by atoms with van der Waals surface area (Å²) < 4.78 is 5.00. The fourth-order valence-electron chi connectivity index (χ4n) is 2.61. The van der Waals surface area contributed by atoms with Gasteiger partial charge in [-0.2, -0.15) is 0 Å². The van der Waals surface area contributed by atoms with E-state index in [9.17, 15) is 4.79 Å². The fourth-order valence-corrected chi connectivity index (χ4v) is 2.61. The van der Waals surface area contributed by atoms with E-state index >= 15 is 0 Å². The van der Waals surface area contributed by atoms with Gasteiger partial charge in [0.25, 0.3) is 0 Å². The molecule has 0 saturated carbocycles. The number of hydrogen-bond donors (Lipinski definition) is 1. The van der Waals surface area contributed by atoms with Crippen molar-refractivity contribution in [2.24, 2.45) is 5.92 Å². The lowest BCUT2D eigenvalue weighted by atomic mass is 9.81. The lowest BCUT2D eigenvalue weighted by Crippen LogP contribution is -2.19. The molecule has 2 rings (SSSR count). The Morgan fingerprint density at radius 1 is 1.44 bits per heavy atom. The van der Waals surface area contributed by atoms with Gasteiger partial charge in [0.1, 0.15) is 0 Å².